The highest BCUT2D eigenvalue weighted by Gasteiger charge is 2.15. The third-order valence-electron chi connectivity index (χ3n) is 3.44. The minimum Gasteiger partial charge on any atom is -0.489 e. The second-order valence-electron chi connectivity index (χ2n) is 5.17. The molecule has 2 amide bonds. The van der Waals surface area contributed by atoms with Crippen molar-refractivity contribution in [2.75, 3.05) is 32.6 Å². The number of rotatable bonds is 6. The summed E-state index contributed by atoms with van der Waals surface area (Å²) in [7, 11) is 2.84. The monoisotopic (exact) mass is 346 g/mol. The van der Waals surface area contributed by atoms with Crippen molar-refractivity contribution < 1.29 is 23.5 Å². The molecule has 0 saturated heterocycles. The van der Waals surface area contributed by atoms with Gasteiger partial charge in [-0.2, -0.15) is 0 Å². The van der Waals surface area contributed by atoms with Gasteiger partial charge in [0.2, 0.25) is 0 Å². The molecule has 0 unspecified atom stereocenters. The molecule has 0 saturated carbocycles. The normalized spacial score (nSPS) is 10.0. The number of urea groups is 1. The van der Waals surface area contributed by atoms with E-state index in [-0.39, 0.29) is 24.5 Å². The lowest BCUT2D eigenvalue weighted by Gasteiger charge is -2.19. The van der Waals surface area contributed by atoms with Gasteiger partial charge in [0.25, 0.3) is 0 Å². The predicted molar refractivity (Wildman–Crippen MR) is 91.3 cm³/mol. The van der Waals surface area contributed by atoms with Crippen molar-refractivity contribution in [1.82, 2.24) is 4.90 Å². The Kier molecular flexibility index (Phi) is 6.33. The molecule has 0 aliphatic carbocycles. The summed E-state index contributed by atoms with van der Waals surface area (Å²) in [6.07, 6.45) is 0. The van der Waals surface area contributed by atoms with Gasteiger partial charge in [-0.05, 0) is 24.3 Å². The molecule has 0 fully saturated rings. The standard InChI is InChI=1S/C18H19FN2O4/c1-21(11-12-25-16-10-6-4-8-14(16)19)18(23)20-15-9-5-3-7-13(15)17(22)24-2/h3-10H,11-12H2,1-2H3,(H,20,23). The Labute approximate surface area is 145 Å². The molecule has 0 aromatic heterocycles. The molecule has 0 spiro atoms. The van der Waals surface area contributed by atoms with Gasteiger partial charge in [0.05, 0.1) is 24.9 Å². The lowest BCUT2D eigenvalue weighted by atomic mass is 10.2. The summed E-state index contributed by atoms with van der Waals surface area (Å²) >= 11 is 0. The number of ether oxygens (including phenoxy) is 2. The first-order valence-corrected chi connectivity index (χ1v) is 7.59. The van der Waals surface area contributed by atoms with Crippen molar-refractivity contribution in [1.29, 1.82) is 0 Å². The number of hydrogen-bond acceptors (Lipinski definition) is 4. The Morgan fingerprint density at radius 3 is 2.52 bits per heavy atom. The zero-order valence-corrected chi connectivity index (χ0v) is 14.0. The fraction of sp³-hybridized carbons (Fsp3) is 0.222. The number of nitrogens with zero attached hydrogens (tertiary/aromatic N) is 1. The van der Waals surface area contributed by atoms with Gasteiger partial charge in [0.15, 0.2) is 11.6 Å². The Morgan fingerprint density at radius 1 is 1.12 bits per heavy atom. The van der Waals surface area contributed by atoms with E-state index < -0.39 is 17.8 Å². The molecule has 7 heteroatoms. The van der Waals surface area contributed by atoms with Crippen molar-refractivity contribution in [3.63, 3.8) is 0 Å². The molecule has 0 heterocycles. The van der Waals surface area contributed by atoms with E-state index in [1.165, 1.54) is 24.1 Å². The SMILES string of the molecule is COC(=O)c1ccccc1NC(=O)N(C)CCOc1ccccc1F. The van der Waals surface area contributed by atoms with Crippen molar-refractivity contribution >= 4 is 17.7 Å². The second-order valence-corrected chi connectivity index (χ2v) is 5.17. The molecule has 1 N–H and O–H groups in total. The van der Waals surface area contributed by atoms with Gasteiger partial charge in [0.1, 0.15) is 6.61 Å². The third-order valence-corrected chi connectivity index (χ3v) is 3.44. The number of carbonyl (C=O) groups excluding carboxylic acids is 2. The number of methoxy groups -OCH3 is 1. The van der Waals surface area contributed by atoms with Crippen LogP contribution in [0.2, 0.25) is 0 Å². The zero-order valence-electron chi connectivity index (χ0n) is 14.0. The van der Waals surface area contributed by atoms with Gasteiger partial charge >= 0.3 is 12.0 Å². The van der Waals surface area contributed by atoms with Crippen molar-refractivity contribution in [2.24, 2.45) is 0 Å². The molecular weight excluding hydrogens is 327 g/mol. The minimum absolute atomic E-state index is 0.128. The topological polar surface area (TPSA) is 67.9 Å². The summed E-state index contributed by atoms with van der Waals surface area (Å²) in [6.45, 7) is 0.365. The number of para-hydroxylation sites is 2. The van der Waals surface area contributed by atoms with Crippen molar-refractivity contribution in [3.05, 3.63) is 59.9 Å². The Morgan fingerprint density at radius 2 is 1.80 bits per heavy atom. The van der Waals surface area contributed by atoms with Crippen molar-refractivity contribution in [2.45, 2.75) is 0 Å². The van der Waals surface area contributed by atoms with Crippen molar-refractivity contribution in [3.8, 4) is 5.75 Å². The largest absolute Gasteiger partial charge is 0.489 e. The van der Waals surface area contributed by atoms with E-state index in [4.69, 9.17) is 4.74 Å². The van der Waals surface area contributed by atoms with Gasteiger partial charge in [0, 0.05) is 7.05 Å². The molecule has 0 radical (unpaired) electrons. The summed E-state index contributed by atoms with van der Waals surface area (Å²) < 4.78 is 23.5. The second kappa shape index (κ2) is 8.68. The first-order valence-electron chi connectivity index (χ1n) is 7.59. The molecule has 2 aromatic carbocycles. The van der Waals surface area contributed by atoms with E-state index in [0.29, 0.717) is 5.69 Å². The van der Waals surface area contributed by atoms with Gasteiger partial charge < -0.3 is 19.7 Å². The van der Waals surface area contributed by atoms with E-state index in [0.717, 1.165) is 0 Å². The number of likely N-dealkylation sites (N-methyl/N-ethyl adjacent to an activating group) is 1. The van der Waals surface area contributed by atoms with Crippen LogP contribution in [0.5, 0.6) is 5.75 Å². The number of carbonyl (C=O) groups is 2. The summed E-state index contributed by atoms with van der Waals surface area (Å²) in [5.74, 6) is -0.865. The Balaban J connectivity index is 1.91. The zero-order chi connectivity index (χ0) is 18.2. The van der Waals surface area contributed by atoms with E-state index >= 15 is 0 Å². The van der Waals surface area contributed by atoms with Gasteiger partial charge in [-0.1, -0.05) is 24.3 Å². The molecule has 0 aliphatic heterocycles. The van der Waals surface area contributed by atoms with Crippen LogP contribution in [0.25, 0.3) is 0 Å². The average molecular weight is 346 g/mol. The van der Waals surface area contributed by atoms with Crippen LogP contribution < -0.4 is 10.1 Å². The minimum atomic E-state index is -0.540. The molecule has 0 atom stereocenters. The van der Waals surface area contributed by atoms with Gasteiger partial charge in [-0.15, -0.1) is 0 Å². The van der Waals surface area contributed by atoms with Crippen LogP contribution in [0.1, 0.15) is 10.4 Å². The van der Waals surface area contributed by atoms with Crippen LogP contribution in [0.4, 0.5) is 14.9 Å². The summed E-state index contributed by atoms with van der Waals surface area (Å²) in [6, 6.07) is 12.2. The fourth-order valence-electron chi connectivity index (χ4n) is 2.05. The maximum absolute atomic E-state index is 13.5. The lowest BCUT2D eigenvalue weighted by Crippen LogP contribution is -2.35. The number of benzene rings is 2. The summed E-state index contributed by atoms with van der Waals surface area (Å²) in [5, 5.41) is 2.64. The Hall–Kier alpha value is -3.09. The number of esters is 1. The number of nitrogens with one attached hydrogen (secondary N) is 1. The van der Waals surface area contributed by atoms with E-state index in [1.807, 2.05) is 0 Å². The van der Waals surface area contributed by atoms with Gasteiger partial charge in [-0.25, -0.2) is 14.0 Å². The van der Waals surface area contributed by atoms with Crippen LogP contribution in [0, 0.1) is 5.82 Å². The van der Waals surface area contributed by atoms with Crippen LogP contribution in [0.15, 0.2) is 48.5 Å². The highest BCUT2D eigenvalue weighted by atomic mass is 19.1. The molecule has 6 nitrogen and oxygen atoms in total. The summed E-state index contributed by atoms with van der Waals surface area (Å²) in [4.78, 5) is 25.3. The highest BCUT2D eigenvalue weighted by molar-refractivity contribution is 6.00. The Bertz CT molecular complexity index is 751. The number of halogens is 1. The molecular formula is C18H19FN2O4. The molecule has 2 aromatic rings. The first kappa shape index (κ1) is 18.3. The maximum Gasteiger partial charge on any atom is 0.339 e. The quantitative estimate of drug-likeness (QED) is 0.816. The van der Waals surface area contributed by atoms with E-state index in [2.05, 4.69) is 10.1 Å². The maximum atomic E-state index is 13.5. The van der Waals surface area contributed by atoms with E-state index in [1.54, 1.807) is 43.4 Å². The molecule has 132 valence electrons. The predicted octanol–water partition coefficient (Wildman–Crippen LogP) is 3.16. The lowest BCUT2D eigenvalue weighted by molar-refractivity contribution is 0.0602. The number of anilines is 1. The summed E-state index contributed by atoms with van der Waals surface area (Å²) in [5.41, 5.74) is 0.607. The third kappa shape index (κ3) is 4.94. The van der Waals surface area contributed by atoms with Crippen LogP contribution in [-0.4, -0.2) is 44.2 Å². The van der Waals surface area contributed by atoms with Crippen LogP contribution in [0.3, 0.4) is 0 Å². The first-order chi connectivity index (χ1) is 12.0. The van der Waals surface area contributed by atoms with Crippen LogP contribution >= 0.6 is 0 Å². The molecule has 2 rings (SSSR count). The number of amides is 2. The fourth-order valence-corrected chi connectivity index (χ4v) is 2.05. The van der Waals surface area contributed by atoms with Gasteiger partial charge in [-0.3, -0.25) is 0 Å². The number of hydrogen-bond donors (Lipinski definition) is 1. The average Bonchev–Trinajstić information content (AvgIpc) is 2.63. The molecule has 25 heavy (non-hydrogen) atoms. The molecule has 0 bridgehead atoms. The van der Waals surface area contributed by atoms with Crippen LogP contribution in [-0.2, 0) is 4.74 Å². The smallest absolute Gasteiger partial charge is 0.339 e. The highest BCUT2D eigenvalue weighted by Crippen LogP contribution is 2.17. The van der Waals surface area contributed by atoms with E-state index in [9.17, 15) is 14.0 Å². The molecule has 0 aliphatic rings.